The molecule has 416 valence electrons. The molecule has 3 fully saturated rings. The van der Waals surface area contributed by atoms with Crippen LogP contribution in [0.4, 0.5) is 5.69 Å². The van der Waals surface area contributed by atoms with Gasteiger partial charge in [0, 0.05) is 56.6 Å². The molecular weight excluding hydrogens is 961 g/mol. The summed E-state index contributed by atoms with van der Waals surface area (Å²) in [5, 5.41) is 70.1. The molecular formula is C59H86N2O14. The molecule has 5 N–H and O–H groups in total. The summed E-state index contributed by atoms with van der Waals surface area (Å²) in [7, 11) is 3.02. The fraction of sp³-hybridized carbons (Fsp3) is 0.678. The number of allylic oxidation sites excluding steroid dienone is 8. The Bertz CT molecular complexity index is 2310. The van der Waals surface area contributed by atoms with Crippen molar-refractivity contribution >= 4 is 28.9 Å². The second-order valence-corrected chi connectivity index (χ2v) is 22.8. The Kier molecular flexibility index (Phi) is 21.4. The molecule has 2 bridgehead atoms. The number of Topliss-reactive ketones (excluding diaryl/α,β-unsaturated/α-hetero) is 1. The van der Waals surface area contributed by atoms with Crippen LogP contribution in [0.3, 0.4) is 0 Å². The molecule has 17 atom stereocenters. The van der Waals surface area contributed by atoms with Crippen molar-refractivity contribution in [3.8, 4) is 0 Å². The molecule has 6 rings (SSSR count). The number of amides is 1. The summed E-state index contributed by atoms with van der Waals surface area (Å²) in [6.45, 7) is 13.1. The average Bonchev–Trinajstić information content (AvgIpc) is 3.82. The van der Waals surface area contributed by atoms with E-state index in [1.807, 2.05) is 70.2 Å². The van der Waals surface area contributed by atoms with Crippen LogP contribution in [-0.4, -0.2) is 134 Å². The summed E-state index contributed by atoms with van der Waals surface area (Å²) in [4.78, 5) is 56.7. The number of rotatable bonds is 7. The number of nitro benzene ring substituents is 1. The smallest absolute Gasteiger partial charge is 0.329 e. The Hall–Kier alpha value is -4.39. The third-order valence-electron chi connectivity index (χ3n) is 17.2. The van der Waals surface area contributed by atoms with Crippen molar-refractivity contribution in [3.05, 3.63) is 93.1 Å². The average molecular weight is 1050 g/mol. The van der Waals surface area contributed by atoms with Gasteiger partial charge >= 0.3 is 5.97 Å². The highest BCUT2D eigenvalue weighted by Gasteiger charge is 2.53. The van der Waals surface area contributed by atoms with Gasteiger partial charge in [0.25, 0.3) is 17.4 Å². The molecule has 3 aliphatic heterocycles. The van der Waals surface area contributed by atoms with Crippen molar-refractivity contribution in [1.82, 2.24) is 4.90 Å². The van der Waals surface area contributed by atoms with Gasteiger partial charge in [-0.2, -0.15) is 0 Å². The minimum atomic E-state index is -2.52. The molecule has 5 aliphatic rings. The Morgan fingerprint density at radius 3 is 2.33 bits per heavy atom. The highest BCUT2D eigenvalue weighted by Crippen LogP contribution is 2.45. The summed E-state index contributed by atoms with van der Waals surface area (Å²) < 4.78 is 24.1. The van der Waals surface area contributed by atoms with Crippen molar-refractivity contribution in [1.29, 1.82) is 0 Å². The van der Waals surface area contributed by atoms with Crippen LogP contribution in [0.2, 0.25) is 0 Å². The number of methoxy groups -OCH3 is 2. The van der Waals surface area contributed by atoms with Gasteiger partial charge in [0.15, 0.2) is 0 Å². The van der Waals surface area contributed by atoms with Gasteiger partial charge in [-0.25, -0.2) is 4.79 Å². The Labute approximate surface area is 444 Å². The van der Waals surface area contributed by atoms with Crippen LogP contribution in [0.5, 0.6) is 0 Å². The molecule has 2 aliphatic carbocycles. The van der Waals surface area contributed by atoms with E-state index in [4.69, 9.17) is 18.9 Å². The lowest BCUT2D eigenvalue weighted by atomic mass is 9.78. The summed E-state index contributed by atoms with van der Waals surface area (Å²) in [6, 6.07) is 3.87. The number of benzene rings is 1. The first-order chi connectivity index (χ1) is 35.6. The van der Waals surface area contributed by atoms with Crippen LogP contribution in [0.25, 0.3) is 5.57 Å². The highest BCUT2D eigenvalue weighted by atomic mass is 16.6. The van der Waals surface area contributed by atoms with Crippen LogP contribution < -0.4 is 0 Å². The number of carbonyl (C=O) groups excluding carboxylic acids is 3. The zero-order chi connectivity index (χ0) is 54.9. The maximum absolute atomic E-state index is 14.6. The van der Waals surface area contributed by atoms with Crippen LogP contribution >= 0.6 is 0 Å². The summed E-state index contributed by atoms with van der Waals surface area (Å²) in [5.41, 5.74) is 3.63. The predicted octanol–water partition coefficient (Wildman–Crippen LogP) is 7.91. The first kappa shape index (κ1) is 59.8. The van der Waals surface area contributed by atoms with Gasteiger partial charge in [-0.05, 0) is 131 Å². The number of esters is 1. The normalized spacial score (nSPS) is 39.1. The van der Waals surface area contributed by atoms with Gasteiger partial charge in [-0.3, -0.25) is 19.7 Å². The zero-order valence-corrected chi connectivity index (χ0v) is 45.7. The third-order valence-corrected chi connectivity index (χ3v) is 17.2. The number of ether oxygens (including phenoxy) is 4. The molecule has 1 aromatic carbocycles. The van der Waals surface area contributed by atoms with Gasteiger partial charge in [0.1, 0.15) is 24.4 Å². The Balaban J connectivity index is 1.35. The molecule has 75 heavy (non-hydrogen) atoms. The standard InChI is InChI=1S/C59H86N2O14/c1-34-16-11-10-12-17-35(2)46(44-24-25-45-43(44)18-15-20-47(45)61(70)71)32-42-23-21-40(7)59(69,75-42)56(66)57(67)60-27-14-13-19-48(60)58(68)74-51(37(4)30-41-22-26-49(62)52(31-41)72-8)33-50(63)36(3)29-39(6)54(65)55(73-9)53(64)38(5)28-34/h10-12,15-18,20,24,29,34,36-38,40-42,46,48-55,62-65,69H,13-14,19,21-23,25-28,30-33H2,1-9H3/b12-10+,16-11+,35-17+,39-29+/t34-,36-,37-,38-,40-,41?,42?,46?,48+,49-,50?,51?,52-,53+,54-,55+,59-/m1/s1. The quantitative estimate of drug-likeness (QED) is 0.0574. The van der Waals surface area contributed by atoms with E-state index in [1.54, 1.807) is 40.0 Å². The molecule has 5 unspecified atom stereocenters. The number of nitro groups is 1. The zero-order valence-electron chi connectivity index (χ0n) is 45.7. The molecule has 1 saturated carbocycles. The van der Waals surface area contributed by atoms with Gasteiger partial charge in [0.05, 0.1) is 35.4 Å². The second kappa shape index (κ2) is 26.8. The maximum Gasteiger partial charge on any atom is 0.329 e. The van der Waals surface area contributed by atoms with Gasteiger partial charge in [0.2, 0.25) is 5.79 Å². The van der Waals surface area contributed by atoms with Crippen LogP contribution in [-0.2, 0) is 39.8 Å². The van der Waals surface area contributed by atoms with E-state index < -0.39 is 84.1 Å². The third kappa shape index (κ3) is 14.4. The van der Waals surface area contributed by atoms with Crippen molar-refractivity contribution in [3.63, 3.8) is 0 Å². The first-order valence-corrected chi connectivity index (χ1v) is 27.5. The fourth-order valence-corrected chi connectivity index (χ4v) is 12.4. The van der Waals surface area contributed by atoms with E-state index in [0.717, 1.165) is 23.1 Å². The Morgan fingerprint density at radius 2 is 1.63 bits per heavy atom. The molecule has 1 amide bonds. The highest BCUT2D eigenvalue weighted by molar-refractivity contribution is 6.39. The first-order valence-electron chi connectivity index (χ1n) is 27.5. The van der Waals surface area contributed by atoms with E-state index in [2.05, 4.69) is 0 Å². The summed E-state index contributed by atoms with van der Waals surface area (Å²) in [6.07, 6.45) is 12.5. The molecule has 3 heterocycles. The fourth-order valence-electron chi connectivity index (χ4n) is 12.4. The van der Waals surface area contributed by atoms with Crippen molar-refractivity contribution < 1.29 is 63.8 Å². The van der Waals surface area contributed by atoms with E-state index in [9.17, 15) is 50.0 Å². The summed E-state index contributed by atoms with van der Waals surface area (Å²) >= 11 is 0. The lowest BCUT2D eigenvalue weighted by molar-refractivity contribution is -0.385. The molecule has 0 radical (unpaired) electrons. The number of carbonyl (C=O) groups is 3. The van der Waals surface area contributed by atoms with Crippen LogP contribution in [0, 0.1) is 51.5 Å². The SMILES string of the molecule is CO[C@H]1[C@@H](O)[C@H](C)C[C@H](C)/C=C/C=C/C=C(\C)C(C2=CCc3c2cccc3[N+](=O)[O-])CC2CC[C@@H](C)[C@@](O)(O2)C(=O)C(=O)N2CCCC[C@H]2C(=O)OC([C@H](C)CC2CC[C@@H](O)[C@H](OC)C2)CC(O)[C@H](C)/C=C(\C)[C@H]1O. The molecule has 16 nitrogen and oxygen atoms in total. The van der Waals surface area contributed by atoms with Crippen molar-refractivity contribution in [2.24, 2.45) is 41.4 Å². The molecule has 1 aromatic rings. The number of fused-ring (bicyclic) bond motifs is 4. The molecule has 16 heteroatoms. The monoisotopic (exact) mass is 1050 g/mol. The van der Waals surface area contributed by atoms with Gasteiger partial charge < -0.3 is 49.4 Å². The van der Waals surface area contributed by atoms with Crippen LogP contribution in [0.15, 0.2) is 71.9 Å². The van der Waals surface area contributed by atoms with E-state index in [0.29, 0.717) is 68.9 Å². The number of hydrogen-bond donors (Lipinski definition) is 5. The lowest BCUT2D eigenvalue weighted by Gasteiger charge is -2.43. The number of nitrogens with zero attached hydrogens (tertiary/aromatic N) is 2. The van der Waals surface area contributed by atoms with Crippen molar-refractivity contribution in [2.75, 3.05) is 20.8 Å². The van der Waals surface area contributed by atoms with E-state index in [-0.39, 0.29) is 72.1 Å². The lowest BCUT2D eigenvalue weighted by Crippen LogP contribution is -2.60. The number of ketones is 1. The number of aliphatic hydroxyl groups excluding tert-OH is 4. The predicted molar refractivity (Wildman–Crippen MR) is 285 cm³/mol. The topological polar surface area (TPSA) is 236 Å². The number of cyclic esters (lactones) is 1. The minimum absolute atomic E-state index is 0.00604. The molecule has 2 saturated heterocycles. The van der Waals surface area contributed by atoms with Gasteiger partial charge in [-0.15, -0.1) is 0 Å². The number of piperidine rings is 1. The van der Waals surface area contributed by atoms with Crippen molar-refractivity contribution in [2.45, 2.75) is 193 Å². The molecule has 0 spiro atoms. The minimum Gasteiger partial charge on any atom is -0.460 e. The largest absolute Gasteiger partial charge is 0.460 e. The number of hydrogen-bond acceptors (Lipinski definition) is 14. The Morgan fingerprint density at radius 1 is 0.880 bits per heavy atom. The second-order valence-electron chi connectivity index (χ2n) is 22.8. The maximum atomic E-state index is 14.6. The van der Waals surface area contributed by atoms with Crippen LogP contribution in [0.1, 0.15) is 137 Å². The van der Waals surface area contributed by atoms with Gasteiger partial charge in [-0.1, -0.05) is 94.9 Å². The molecule has 0 aromatic heterocycles. The summed E-state index contributed by atoms with van der Waals surface area (Å²) in [5.74, 6) is -7.57. The van der Waals surface area contributed by atoms with E-state index in [1.165, 1.54) is 18.1 Å². The van der Waals surface area contributed by atoms with E-state index >= 15 is 0 Å². The number of aliphatic hydroxyl groups is 5.